The number of halogens is 1. The largest absolute Gasteiger partial charge is 0.495 e. The minimum absolute atomic E-state index is 0.0187. The standard InChI is InChI=1S/C19H20ClN5O2/c1-27-16-8-7-14(11-15(16)20)21-18(26)13-5-4-9-24(12-13)19-23-22-17-6-2-3-10-25(17)19/h2-3,6-8,10-11,13H,4-5,9,12H2,1H3,(H,21,26). The quantitative estimate of drug-likeness (QED) is 0.746. The summed E-state index contributed by atoms with van der Waals surface area (Å²) < 4.78 is 7.09. The molecule has 0 aliphatic carbocycles. The topological polar surface area (TPSA) is 71.8 Å². The van der Waals surface area contributed by atoms with Crippen molar-refractivity contribution in [1.29, 1.82) is 0 Å². The third-order valence-electron chi connectivity index (χ3n) is 4.79. The molecule has 4 rings (SSSR count). The van der Waals surface area contributed by atoms with E-state index in [4.69, 9.17) is 16.3 Å². The van der Waals surface area contributed by atoms with Crippen LogP contribution in [0.2, 0.25) is 5.02 Å². The van der Waals surface area contributed by atoms with Crippen molar-refractivity contribution in [3.63, 3.8) is 0 Å². The van der Waals surface area contributed by atoms with E-state index >= 15 is 0 Å². The Morgan fingerprint density at radius 3 is 3.00 bits per heavy atom. The minimum atomic E-state index is -0.129. The lowest BCUT2D eigenvalue weighted by atomic mass is 9.97. The second-order valence-electron chi connectivity index (χ2n) is 6.55. The summed E-state index contributed by atoms with van der Waals surface area (Å²) in [5.41, 5.74) is 1.46. The van der Waals surface area contributed by atoms with Crippen molar-refractivity contribution in [2.45, 2.75) is 12.8 Å². The highest BCUT2D eigenvalue weighted by Crippen LogP contribution is 2.28. The first-order chi connectivity index (χ1) is 13.2. The summed E-state index contributed by atoms with van der Waals surface area (Å²) in [5.74, 6) is 1.21. The summed E-state index contributed by atoms with van der Waals surface area (Å²) in [6.45, 7) is 1.46. The zero-order valence-electron chi connectivity index (χ0n) is 14.9. The third kappa shape index (κ3) is 3.55. The highest BCUT2D eigenvalue weighted by Gasteiger charge is 2.28. The van der Waals surface area contributed by atoms with Crippen LogP contribution in [0.4, 0.5) is 11.6 Å². The molecule has 27 heavy (non-hydrogen) atoms. The number of nitrogens with one attached hydrogen (secondary N) is 1. The minimum Gasteiger partial charge on any atom is -0.495 e. The zero-order chi connectivity index (χ0) is 18.8. The third-order valence-corrected chi connectivity index (χ3v) is 5.09. The maximum Gasteiger partial charge on any atom is 0.231 e. The number of methoxy groups -OCH3 is 1. The van der Waals surface area contributed by atoms with Crippen LogP contribution in [0.25, 0.3) is 5.65 Å². The van der Waals surface area contributed by atoms with Gasteiger partial charge >= 0.3 is 0 Å². The van der Waals surface area contributed by atoms with Crippen molar-refractivity contribution in [3.8, 4) is 5.75 Å². The Morgan fingerprint density at radius 2 is 2.19 bits per heavy atom. The predicted octanol–water partition coefficient (Wildman–Crippen LogP) is 3.25. The summed E-state index contributed by atoms with van der Waals surface area (Å²) in [5, 5.41) is 11.9. The first-order valence-corrected chi connectivity index (χ1v) is 9.22. The molecule has 1 atom stereocenters. The summed E-state index contributed by atoms with van der Waals surface area (Å²) in [7, 11) is 1.56. The Bertz CT molecular complexity index is 974. The van der Waals surface area contributed by atoms with Crippen molar-refractivity contribution in [1.82, 2.24) is 14.6 Å². The lowest BCUT2D eigenvalue weighted by Gasteiger charge is -2.32. The van der Waals surface area contributed by atoms with Gasteiger partial charge in [0.2, 0.25) is 11.9 Å². The van der Waals surface area contributed by atoms with Crippen molar-refractivity contribution in [3.05, 3.63) is 47.6 Å². The maximum absolute atomic E-state index is 12.8. The molecule has 0 spiro atoms. The number of aromatic nitrogens is 3. The maximum atomic E-state index is 12.8. The predicted molar refractivity (Wildman–Crippen MR) is 105 cm³/mol. The number of benzene rings is 1. The molecule has 1 N–H and O–H groups in total. The second kappa shape index (κ2) is 7.44. The van der Waals surface area contributed by atoms with E-state index in [0.29, 0.717) is 23.0 Å². The number of carbonyl (C=O) groups is 1. The van der Waals surface area contributed by atoms with Crippen LogP contribution < -0.4 is 15.0 Å². The van der Waals surface area contributed by atoms with E-state index in [0.717, 1.165) is 31.0 Å². The smallest absolute Gasteiger partial charge is 0.231 e. The number of rotatable bonds is 4. The van der Waals surface area contributed by atoms with Crippen LogP contribution in [0.3, 0.4) is 0 Å². The van der Waals surface area contributed by atoms with E-state index in [1.807, 2.05) is 28.8 Å². The van der Waals surface area contributed by atoms with E-state index in [9.17, 15) is 4.79 Å². The van der Waals surface area contributed by atoms with Gasteiger partial charge in [-0.15, -0.1) is 10.2 Å². The number of amides is 1. The van der Waals surface area contributed by atoms with Gasteiger partial charge in [0.25, 0.3) is 0 Å². The van der Waals surface area contributed by atoms with Gasteiger partial charge in [0.15, 0.2) is 5.65 Å². The molecule has 1 aromatic carbocycles. The average Bonchev–Trinajstić information content (AvgIpc) is 3.12. The molecular formula is C19H20ClN5O2. The zero-order valence-corrected chi connectivity index (χ0v) is 15.7. The Labute approximate surface area is 161 Å². The lowest BCUT2D eigenvalue weighted by Crippen LogP contribution is -2.41. The average molecular weight is 386 g/mol. The SMILES string of the molecule is COc1ccc(NC(=O)C2CCCN(c3nnc4ccccn34)C2)cc1Cl. The molecule has 3 aromatic rings. The fourth-order valence-electron chi connectivity index (χ4n) is 3.41. The molecule has 1 amide bonds. The number of fused-ring (bicyclic) bond motifs is 1. The summed E-state index contributed by atoms with van der Waals surface area (Å²) in [6.07, 6.45) is 3.69. The van der Waals surface area contributed by atoms with Crippen LogP contribution in [0, 0.1) is 5.92 Å². The van der Waals surface area contributed by atoms with Crippen LogP contribution in [0.5, 0.6) is 5.75 Å². The van der Waals surface area contributed by atoms with Crippen molar-refractivity contribution >= 4 is 34.8 Å². The van der Waals surface area contributed by atoms with Crippen LogP contribution in [0.1, 0.15) is 12.8 Å². The van der Waals surface area contributed by atoms with Crippen LogP contribution in [-0.4, -0.2) is 40.7 Å². The molecule has 1 aliphatic rings. The molecule has 1 saturated heterocycles. The van der Waals surface area contributed by atoms with Gasteiger partial charge in [-0.3, -0.25) is 9.20 Å². The van der Waals surface area contributed by atoms with Crippen molar-refractivity contribution < 1.29 is 9.53 Å². The number of pyridine rings is 1. The van der Waals surface area contributed by atoms with Gasteiger partial charge in [-0.05, 0) is 43.2 Å². The molecule has 1 aliphatic heterocycles. The first-order valence-electron chi connectivity index (χ1n) is 8.85. The molecule has 2 aromatic heterocycles. The number of anilines is 2. The monoisotopic (exact) mass is 385 g/mol. The van der Waals surface area contributed by atoms with Crippen molar-refractivity contribution in [2.75, 3.05) is 30.4 Å². The van der Waals surface area contributed by atoms with Crippen LogP contribution in [-0.2, 0) is 4.79 Å². The van der Waals surface area contributed by atoms with Gasteiger partial charge in [-0.2, -0.15) is 0 Å². The fraction of sp³-hybridized carbons (Fsp3) is 0.316. The number of nitrogens with zero attached hydrogens (tertiary/aromatic N) is 4. The molecule has 140 valence electrons. The van der Waals surface area contributed by atoms with Crippen LogP contribution >= 0.6 is 11.6 Å². The van der Waals surface area contributed by atoms with Crippen LogP contribution in [0.15, 0.2) is 42.6 Å². The van der Waals surface area contributed by atoms with Gasteiger partial charge < -0.3 is 15.0 Å². The van der Waals surface area contributed by atoms with Crippen molar-refractivity contribution in [2.24, 2.45) is 5.92 Å². The Morgan fingerprint density at radius 1 is 1.30 bits per heavy atom. The second-order valence-corrected chi connectivity index (χ2v) is 6.96. The summed E-state index contributed by atoms with van der Waals surface area (Å²) >= 11 is 6.14. The molecule has 0 saturated carbocycles. The number of hydrogen-bond acceptors (Lipinski definition) is 5. The molecule has 8 heteroatoms. The Kier molecular flexibility index (Phi) is 4.85. The number of hydrogen-bond donors (Lipinski definition) is 1. The Balaban J connectivity index is 1.48. The lowest BCUT2D eigenvalue weighted by molar-refractivity contribution is -0.120. The highest BCUT2D eigenvalue weighted by atomic mass is 35.5. The molecule has 1 unspecified atom stereocenters. The van der Waals surface area contributed by atoms with Gasteiger partial charge in [-0.1, -0.05) is 17.7 Å². The molecule has 1 fully saturated rings. The normalized spacial score (nSPS) is 17.1. The molecular weight excluding hydrogens is 366 g/mol. The Hall–Kier alpha value is -2.80. The first kappa shape index (κ1) is 17.6. The molecule has 0 bridgehead atoms. The number of piperidine rings is 1. The van der Waals surface area contributed by atoms with E-state index in [2.05, 4.69) is 20.4 Å². The van der Waals surface area contributed by atoms with E-state index < -0.39 is 0 Å². The van der Waals surface area contributed by atoms with Gasteiger partial charge in [0, 0.05) is 25.0 Å². The molecule has 0 radical (unpaired) electrons. The fourth-order valence-corrected chi connectivity index (χ4v) is 3.66. The summed E-state index contributed by atoms with van der Waals surface area (Å²) in [6, 6.07) is 11.0. The number of ether oxygens (including phenoxy) is 1. The van der Waals surface area contributed by atoms with Gasteiger partial charge in [-0.25, -0.2) is 0 Å². The highest BCUT2D eigenvalue weighted by molar-refractivity contribution is 6.32. The van der Waals surface area contributed by atoms with E-state index in [-0.39, 0.29) is 11.8 Å². The van der Waals surface area contributed by atoms with E-state index in [1.54, 1.807) is 25.3 Å². The molecule has 3 heterocycles. The van der Waals surface area contributed by atoms with Gasteiger partial charge in [0.1, 0.15) is 5.75 Å². The van der Waals surface area contributed by atoms with E-state index in [1.165, 1.54) is 0 Å². The molecule has 7 nitrogen and oxygen atoms in total. The van der Waals surface area contributed by atoms with Gasteiger partial charge in [0.05, 0.1) is 18.1 Å². The number of carbonyl (C=O) groups excluding carboxylic acids is 1. The summed E-state index contributed by atoms with van der Waals surface area (Å²) in [4.78, 5) is 14.9.